The van der Waals surface area contributed by atoms with E-state index in [9.17, 15) is 9.59 Å². The lowest BCUT2D eigenvalue weighted by Gasteiger charge is -2.27. The number of amides is 1. The van der Waals surface area contributed by atoms with Gasteiger partial charge in [-0.25, -0.2) is 0 Å². The van der Waals surface area contributed by atoms with Crippen molar-refractivity contribution in [2.75, 3.05) is 0 Å². The molecule has 6 heteroatoms. The van der Waals surface area contributed by atoms with Crippen LogP contribution < -0.4 is 5.56 Å². The maximum absolute atomic E-state index is 13.2. The van der Waals surface area contributed by atoms with Gasteiger partial charge in [0.2, 0.25) is 0 Å². The van der Waals surface area contributed by atoms with Crippen molar-refractivity contribution in [1.82, 2.24) is 9.47 Å². The Balaban J connectivity index is 1.89. The highest BCUT2D eigenvalue weighted by atomic mass is 35.5. The van der Waals surface area contributed by atoms with Crippen molar-refractivity contribution < 1.29 is 4.79 Å². The molecule has 0 unspecified atom stereocenters. The number of benzene rings is 2. The Labute approximate surface area is 180 Å². The Morgan fingerprint density at radius 2 is 1.69 bits per heavy atom. The first-order chi connectivity index (χ1) is 13.9. The summed E-state index contributed by atoms with van der Waals surface area (Å²) >= 11 is 12.2. The van der Waals surface area contributed by atoms with Crippen LogP contribution in [0.15, 0.2) is 71.7 Å². The standard InChI is InChI=1S/C23H22Cl2N2O2/c1-16(2)27(15-18-6-3-4-8-21(18)25)23(29)20-7-5-13-26(22(20)28)14-17-9-11-19(24)12-10-17/h3-13,16H,14-15H2,1-2H3. The number of aromatic nitrogens is 1. The highest BCUT2D eigenvalue weighted by molar-refractivity contribution is 6.31. The van der Waals surface area contributed by atoms with Crippen molar-refractivity contribution in [3.63, 3.8) is 0 Å². The van der Waals surface area contributed by atoms with Crippen LogP contribution in [0.2, 0.25) is 10.0 Å². The number of hydrogen-bond acceptors (Lipinski definition) is 2. The van der Waals surface area contributed by atoms with E-state index in [4.69, 9.17) is 23.2 Å². The van der Waals surface area contributed by atoms with Gasteiger partial charge in [0, 0.05) is 28.8 Å². The predicted molar refractivity (Wildman–Crippen MR) is 118 cm³/mol. The second kappa shape index (κ2) is 9.29. The number of carbonyl (C=O) groups is 1. The van der Waals surface area contributed by atoms with Crippen molar-refractivity contribution in [2.24, 2.45) is 0 Å². The van der Waals surface area contributed by atoms with Gasteiger partial charge in [-0.3, -0.25) is 9.59 Å². The monoisotopic (exact) mass is 428 g/mol. The molecule has 4 nitrogen and oxygen atoms in total. The smallest absolute Gasteiger partial charge is 0.263 e. The molecule has 1 amide bonds. The fourth-order valence-electron chi connectivity index (χ4n) is 3.06. The molecule has 0 fully saturated rings. The molecule has 2 aromatic carbocycles. The van der Waals surface area contributed by atoms with E-state index in [0.29, 0.717) is 23.1 Å². The lowest BCUT2D eigenvalue weighted by Crippen LogP contribution is -2.40. The van der Waals surface area contributed by atoms with Crippen molar-refractivity contribution in [1.29, 1.82) is 0 Å². The molecule has 0 radical (unpaired) electrons. The summed E-state index contributed by atoms with van der Waals surface area (Å²) in [5, 5.41) is 1.23. The Hall–Kier alpha value is -2.56. The molecular formula is C23H22Cl2N2O2. The van der Waals surface area contributed by atoms with Gasteiger partial charge >= 0.3 is 0 Å². The van der Waals surface area contributed by atoms with Crippen molar-refractivity contribution in [2.45, 2.75) is 33.0 Å². The third-order valence-electron chi connectivity index (χ3n) is 4.70. The highest BCUT2D eigenvalue weighted by Crippen LogP contribution is 2.19. The molecule has 0 aliphatic rings. The van der Waals surface area contributed by atoms with Gasteiger partial charge in [-0.05, 0) is 55.3 Å². The molecule has 1 heterocycles. The van der Waals surface area contributed by atoms with Gasteiger partial charge in [-0.1, -0.05) is 53.5 Å². The van der Waals surface area contributed by atoms with Crippen LogP contribution in [-0.2, 0) is 13.1 Å². The second-order valence-electron chi connectivity index (χ2n) is 7.10. The third-order valence-corrected chi connectivity index (χ3v) is 5.32. The van der Waals surface area contributed by atoms with Crippen LogP contribution in [0.4, 0.5) is 0 Å². The number of hydrogen-bond donors (Lipinski definition) is 0. The Bertz CT molecular complexity index is 1060. The van der Waals surface area contributed by atoms with Crippen LogP contribution in [0.3, 0.4) is 0 Å². The summed E-state index contributed by atoms with van der Waals surface area (Å²) in [6, 6.07) is 17.9. The zero-order valence-corrected chi connectivity index (χ0v) is 17.8. The predicted octanol–water partition coefficient (Wildman–Crippen LogP) is 5.25. The summed E-state index contributed by atoms with van der Waals surface area (Å²) in [5.41, 5.74) is 1.59. The second-order valence-corrected chi connectivity index (χ2v) is 7.94. The third kappa shape index (κ3) is 5.08. The quantitative estimate of drug-likeness (QED) is 0.537. The molecular weight excluding hydrogens is 407 g/mol. The zero-order chi connectivity index (χ0) is 21.0. The summed E-state index contributed by atoms with van der Waals surface area (Å²) in [6.45, 7) is 4.54. The number of pyridine rings is 1. The molecule has 0 atom stereocenters. The van der Waals surface area contributed by atoms with Crippen LogP contribution >= 0.6 is 23.2 Å². The van der Waals surface area contributed by atoms with Gasteiger partial charge in [0.15, 0.2) is 0 Å². The van der Waals surface area contributed by atoms with Gasteiger partial charge in [0.05, 0.1) is 6.54 Å². The molecule has 1 aromatic heterocycles. The molecule has 150 valence electrons. The normalized spacial score (nSPS) is 10.9. The minimum atomic E-state index is -0.322. The van der Waals surface area contributed by atoms with Crippen molar-refractivity contribution >= 4 is 29.1 Å². The first-order valence-corrected chi connectivity index (χ1v) is 10.1. The van der Waals surface area contributed by atoms with Gasteiger partial charge < -0.3 is 9.47 Å². The SMILES string of the molecule is CC(C)N(Cc1ccccc1Cl)C(=O)c1cccn(Cc2ccc(Cl)cc2)c1=O. The number of halogens is 2. The molecule has 0 aliphatic heterocycles. The molecule has 0 N–H and O–H groups in total. The van der Waals surface area contributed by atoms with Gasteiger partial charge in [0.25, 0.3) is 11.5 Å². The number of nitrogens with zero attached hydrogens (tertiary/aromatic N) is 2. The summed E-state index contributed by atoms with van der Waals surface area (Å²) in [6.07, 6.45) is 1.68. The fourth-order valence-corrected chi connectivity index (χ4v) is 3.39. The number of rotatable bonds is 6. The maximum Gasteiger partial charge on any atom is 0.263 e. The minimum Gasteiger partial charge on any atom is -0.332 e. The first-order valence-electron chi connectivity index (χ1n) is 9.35. The molecule has 0 saturated carbocycles. The molecule has 3 rings (SSSR count). The van der Waals surface area contributed by atoms with E-state index in [-0.39, 0.29) is 23.1 Å². The van der Waals surface area contributed by atoms with E-state index in [1.54, 1.807) is 41.4 Å². The number of carbonyl (C=O) groups excluding carboxylic acids is 1. The van der Waals surface area contributed by atoms with Crippen LogP contribution in [0, 0.1) is 0 Å². The summed E-state index contributed by atoms with van der Waals surface area (Å²) < 4.78 is 1.53. The van der Waals surface area contributed by atoms with Gasteiger partial charge in [-0.15, -0.1) is 0 Å². The van der Waals surface area contributed by atoms with Crippen LogP contribution in [0.25, 0.3) is 0 Å². The van der Waals surface area contributed by atoms with E-state index in [2.05, 4.69) is 0 Å². The topological polar surface area (TPSA) is 42.3 Å². The Kier molecular flexibility index (Phi) is 6.78. The van der Waals surface area contributed by atoms with E-state index in [1.807, 2.05) is 44.2 Å². The average Bonchev–Trinajstić information content (AvgIpc) is 2.70. The van der Waals surface area contributed by atoms with E-state index >= 15 is 0 Å². The summed E-state index contributed by atoms with van der Waals surface area (Å²) in [4.78, 5) is 27.9. The molecule has 0 bridgehead atoms. The average molecular weight is 429 g/mol. The van der Waals surface area contributed by atoms with Gasteiger partial charge in [-0.2, -0.15) is 0 Å². The Morgan fingerprint density at radius 1 is 1.00 bits per heavy atom. The zero-order valence-electron chi connectivity index (χ0n) is 16.3. The first kappa shape index (κ1) is 21.2. The van der Waals surface area contributed by atoms with Crippen molar-refractivity contribution in [3.05, 3.63) is 104 Å². The van der Waals surface area contributed by atoms with Crippen LogP contribution in [-0.4, -0.2) is 21.4 Å². The molecule has 0 saturated heterocycles. The lowest BCUT2D eigenvalue weighted by molar-refractivity contribution is 0.0688. The molecule has 0 spiro atoms. The van der Waals surface area contributed by atoms with Crippen molar-refractivity contribution in [3.8, 4) is 0 Å². The van der Waals surface area contributed by atoms with Crippen LogP contribution in [0.1, 0.15) is 35.3 Å². The summed E-state index contributed by atoms with van der Waals surface area (Å²) in [5.74, 6) is -0.310. The highest BCUT2D eigenvalue weighted by Gasteiger charge is 2.23. The molecule has 0 aliphatic carbocycles. The largest absolute Gasteiger partial charge is 0.332 e. The van der Waals surface area contributed by atoms with E-state index in [1.165, 1.54) is 4.57 Å². The fraction of sp³-hybridized carbons (Fsp3) is 0.217. The molecule has 3 aromatic rings. The van der Waals surface area contributed by atoms with E-state index < -0.39 is 0 Å². The maximum atomic E-state index is 13.2. The van der Waals surface area contributed by atoms with Gasteiger partial charge in [0.1, 0.15) is 5.56 Å². The Morgan fingerprint density at radius 3 is 2.34 bits per heavy atom. The summed E-state index contributed by atoms with van der Waals surface area (Å²) in [7, 11) is 0. The lowest BCUT2D eigenvalue weighted by atomic mass is 10.1. The van der Waals surface area contributed by atoms with E-state index in [0.717, 1.165) is 11.1 Å². The van der Waals surface area contributed by atoms with Crippen LogP contribution in [0.5, 0.6) is 0 Å². The minimum absolute atomic E-state index is 0.0944. The molecule has 29 heavy (non-hydrogen) atoms.